The maximum absolute atomic E-state index is 13.0. The summed E-state index contributed by atoms with van der Waals surface area (Å²) in [6.07, 6.45) is 3.19. The lowest BCUT2D eigenvalue weighted by Gasteiger charge is -2.18. The minimum atomic E-state index is -1.11. The van der Waals surface area contributed by atoms with Gasteiger partial charge in [0.15, 0.2) is 0 Å². The number of methoxy groups -OCH3 is 2. The summed E-state index contributed by atoms with van der Waals surface area (Å²) in [6.45, 7) is 7.76. The second kappa shape index (κ2) is 25.1. The molecule has 9 N–H and O–H groups in total. The lowest BCUT2D eigenvalue weighted by atomic mass is 10.1. The molecule has 0 aliphatic carbocycles. The number of nitrogens with one attached hydrogen (secondary N) is 5. The van der Waals surface area contributed by atoms with Crippen molar-refractivity contribution in [2.75, 3.05) is 51.0 Å². The van der Waals surface area contributed by atoms with Crippen molar-refractivity contribution in [2.24, 2.45) is 5.73 Å². The number of hydrogen-bond acceptors (Lipinski definition) is 18. The Morgan fingerprint density at radius 1 is 0.677 bits per heavy atom. The summed E-state index contributed by atoms with van der Waals surface area (Å²) in [5, 5.41) is 34.6. The topological polar surface area (TPSA) is 295 Å². The molecule has 21 heteroatoms. The summed E-state index contributed by atoms with van der Waals surface area (Å²) in [7, 11) is 2.43. The quantitative estimate of drug-likeness (QED) is 0.0411. The van der Waals surface area contributed by atoms with E-state index in [0.717, 1.165) is 36.8 Å². The molecule has 3 aromatic heterocycles. The van der Waals surface area contributed by atoms with Crippen LogP contribution in [0.2, 0.25) is 0 Å². The third-order valence-corrected chi connectivity index (χ3v) is 10.2. The van der Waals surface area contributed by atoms with Gasteiger partial charge in [0.05, 0.1) is 53.6 Å². The van der Waals surface area contributed by atoms with Gasteiger partial charge >= 0.3 is 11.9 Å². The number of esters is 2. The molecule has 20 nitrogen and oxygen atoms in total. The molecule has 0 radical (unpaired) electrons. The van der Waals surface area contributed by atoms with Gasteiger partial charge in [-0.25, -0.2) is 34.5 Å². The Morgan fingerprint density at radius 2 is 1.12 bits per heavy atom. The first-order chi connectivity index (χ1) is 31.1. The van der Waals surface area contributed by atoms with Gasteiger partial charge in [0, 0.05) is 31.6 Å². The number of phenols is 2. The first-order valence-corrected chi connectivity index (χ1v) is 21.5. The van der Waals surface area contributed by atoms with Crippen LogP contribution in [-0.2, 0) is 31.9 Å². The number of rotatable bonds is 20. The molecule has 0 aliphatic heterocycles. The second-order valence-electron chi connectivity index (χ2n) is 14.5. The molecule has 2 aromatic carbocycles. The van der Waals surface area contributed by atoms with Crippen molar-refractivity contribution in [3.63, 3.8) is 0 Å². The Hall–Kier alpha value is -7.26. The van der Waals surface area contributed by atoms with E-state index >= 15 is 0 Å². The van der Waals surface area contributed by atoms with Crippen LogP contribution >= 0.6 is 11.3 Å². The third-order valence-electron chi connectivity index (χ3n) is 9.62. The van der Waals surface area contributed by atoms with Crippen molar-refractivity contribution in [1.29, 1.82) is 0 Å². The number of nitrogens with zero attached hydrogens (tertiary/aromatic N) is 5. The zero-order chi connectivity index (χ0) is 47.5. The molecule has 5 aromatic rings. The minimum absolute atomic E-state index is 0.0732. The molecule has 0 aliphatic rings. The predicted molar refractivity (Wildman–Crippen MR) is 243 cm³/mol. The van der Waals surface area contributed by atoms with Gasteiger partial charge in [-0.15, -0.1) is 11.3 Å². The summed E-state index contributed by atoms with van der Waals surface area (Å²) in [5.41, 5.74) is 11.7. The number of hydrogen-bond donors (Lipinski definition) is 8. The van der Waals surface area contributed by atoms with Crippen LogP contribution in [0.3, 0.4) is 0 Å². The Labute approximate surface area is 380 Å². The van der Waals surface area contributed by atoms with Gasteiger partial charge < -0.3 is 52.0 Å². The van der Waals surface area contributed by atoms with Crippen molar-refractivity contribution < 1.29 is 43.7 Å². The summed E-state index contributed by atoms with van der Waals surface area (Å²) in [6, 6.07) is 12.2. The van der Waals surface area contributed by atoms with Crippen molar-refractivity contribution >= 4 is 52.9 Å². The number of amides is 3. The molecule has 5 rings (SSSR count). The predicted octanol–water partition coefficient (Wildman–Crippen LogP) is 3.08. The molecule has 65 heavy (non-hydrogen) atoms. The fraction of sp³-hybridized carbons (Fsp3) is 0.364. The van der Waals surface area contributed by atoms with E-state index in [2.05, 4.69) is 56.2 Å². The fourth-order valence-corrected chi connectivity index (χ4v) is 6.95. The maximum atomic E-state index is 13.0. The lowest BCUT2D eigenvalue weighted by Crippen LogP contribution is -2.49. The summed E-state index contributed by atoms with van der Waals surface area (Å²) >= 11 is 1.27. The SMILES string of the molecule is COC(=O)[C@H](CN)NC(=O)c1c(C)nc(NCCCc2cccc(O)c2)nc1C.COC(=O)[C@H](CNC(=O)c1cscn1)NC(=O)c1c(C)nc(NCCCc2cccc(O)c2)nc1C. The monoisotopic (exact) mass is 913 g/mol. The molecule has 3 heterocycles. The van der Waals surface area contributed by atoms with E-state index in [9.17, 15) is 34.2 Å². The van der Waals surface area contributed by atoms with Crippen LogP contribution in [0, 0.1) is 27.7 Å². The number of aromatic hydroxyl groups is 2. The van der Waals surface area contributed by atoms with E-state index < -0.39 is 41.7 Å². The molecule has 0 unspecified atom stereocenters. The molecule has 0 fully saturated rings. The lowest BCUT2D eigenvalue weighted by molar-refractivity contribution is -0.143. The van der Waals surface area contributed by atoms with E-state index in [1.165, 1.54) is 31.1 Å². The van der Waals surface area contributed by atoms with Crippen LogP contribution in [0.1, 0.15) is 77.9 Å². The van der Waals surface area contributed by atoms with E-state index in [1.807, 2.05) is 18.2 Å². The van der Waals surface area contributed by atoms with Gasteiger partial charge in [-0.2, -0.15) is 0 Å². The van der Waals surface area contributed by atoms with Gasteiger partial charge in [0.25, 0.3) is 17.7 Å². The normalized spacial score (nSPS) is 11.5. The Kier molecular flexibility index (Phi) is 19.5. The average molecular weight is 914 g/mol. The van der Waals surface area contributed by atoms with E-state index in [0.29, 0.717) is 53.3 Å². The summed E-state index contributed by atoms with van der Waals surface area (Å²) < 4.78 is 9.40. The first kappa shape index (κ1) is 50.4. The maximum Gasteiger partial charge on any atom is 0.330 e. The Morgan fingerprint density at radius 3 is 1.52 bits per heavy atom. The van der Waals surface area contributed by atoms with Crippen molar-refractivity contribution in [3.05, 3.63) is 110 Å². The number of thiazole rings is 1. The smallest absolute Gasteiger partial charge is 0.330 e. The second-order valence-corrected chi connectivity index (χ2v) is 15.2. The molecular weight excluding hydrogens is 859 g/mol. The van der Waals surface area contributed by atoms with Crippen molar-refractivity contribution in [2.45, 2.75) is 65.5 Å². The van der Waals surface area contributed by atoms with Gasteiger partial charge in [0.2, 0.25) is 11.9 Å². The van der Waals surface area contributed by atoms with E-state index in [4.69, 9.17) is 10.5 Å². The molecule has 0 saturated heterocycles. The largest absolute Gasteiger partial charge is 0.508 e. The van der Waals surface area contributed by atoms with Crippen molar-refractivity contribution in [1.82, 2.24) is 40.9 Å². The zero-order valence-corrected chi connectivity index (χ0v) is 37.9. The van der Waals surface area contributed by atoms with Crippen LogP contribution in [0.15, 0.2) is 59.4 Å². The molecule has 346 valence electrons. The zero-order valence-electron chi connectivity index (χ0n) is 37.1. The van der Waals surface area contributed by atoms with Crippen LogP contribution in [0.25, 0.3) is 0 Å². The van der Waals surface area contributed by atoms with Gasteiger partial charge in [0.1, 0.15) is 29.3 Å². The van der Waals surface area contributed by atoms with Crippen LogP contribution in [0.5, 0.6) is 11.5 Å². The summed E-state index contributed by atoms with van der Waals surface area (Å²) in [4.78, 5) is 82.9. The van der Waals surface area contributed by atoms with Crippen molar-refractivity contribution in [3.8, 4) is 11.5 Å². The van der Waals surface area contributed by atoms with E-state index in [1.54, 1.807) is 63.4 Å². The van der Waals surface area contributed by atoms with E-state index in [-0.39, 0.29) is 35.8 Å². The number of anilines is 2. The molecular formula is C44H55N11O9S. The number of phenolic OH excluding ortho intramolecular Hbond substituents is 2. The number of ether oxygens (including phenoxy) is 2. The molecule has 0 saturated carbocycles. The van der Waals surface area contributed by atoms with Crippen LogP contribution in [0.4, 0.5) is 11.9 Å². The van der Waals surface area contributed by atoms with Gasteiger partial charge in [-0.1, -0.05) is 24.3 Å². The number of aromatic nitrogens is 5. The third kappa shape index (κ3) is 15.5. The molecule has 0 spiro atoms. The minimum Gasteiger partial charge on any atom is -0.508 e. The number of carbonyl (C=O) groups is 5. The number of benzene rings is 2. The van der Waals surface area contributed by atoms with Gasteiger partial charge in [-0.05, 0) is 88.8 Å². The number of carbonyl (C=O) groups excluding carboxylic acids is 5. The number of nitrogens with two attached hydrogens (primary N) is 1. The number of aryl methyl sites for hydroxylation is 6. The van der Waals surface area contributed by atoms with Crippen LogP contribution < -0.4 is 32.3 Å². The Bertz CT molecular complexity index is 2370. The highest BCUT2D eigenvalue weighted by atomic mass is 32.1. The summed E-state index contributed by atoms with van der Waals surface area (Å²) in [5.74, 6) is -1.51. The highest BCUT2D eigenvalue weighted by Gasteiger charge is 2.27. The fourth-order valence-electron chi connectivity index (χ4n) is 6.42. The Balaban J connectivity index is 0.000000292. The molecule has 0 bridgehead atoms. The average Bonchev–Trinajstić information content (AvgIpc) is 3.82. The highest BCUT2D eigenvalue weighted by molar-refractivity contribution is 7.07. The molecule has 3 amide bonds. The van der Waals surface area contributed by atoms with Gasteiger partial charge in [-0.3, -0.25) is 14.4 Å². The first-order valence-electron chi connectivity index (χ1n) is 20.5. The standard InChI is InChI=1S/C24H28N6O5S.C20H27N5O4/c1-14-20(15(2)29-24(28-14)25-9-5-7-16-6-4-8-17(31)10-16)22(33)30-18(23(34)35-3)11-26-21(32)19-12-36-13-27-19;1-12-17(18(27)25-16(11-21)19(28)29-3)13(2)24-20(23-12)22-9-5-7-14-6-4-8-15(26)10-14/h4,6,8,10,12-13,18,31H,5,7,9,11H2,1-3H3,(H,26,32)(H,30,33)(H,25,28,29);4,6,8,10,16,26H,5,7,9,11,21H2,1-3H3,(H,25,27)(H,22,23,24)/t18-;16-/m00/s1. The highest BCUT2D eigenvalue weighted by Crippen LogP contribution is 2.17. The van der Waals surface area contributed by atoms with Crippen LogP contribution in [-0.4, -0.2) is 117 Å². The molecule has 2 atom stereocenters.